The Morgan fingerprint density at radius 3 is 2.83 bits per heavy atom. The summed E-state index contributed by atoms with van der Waals surface area (Å²) >= 11 is 0. The zero-order valence-corrected chi connectivity index (χ0v) is 7.24. The fourth-order valence-corrected chi connectivity index (χ4v) is 1.69. The standard InChI is InChI=1S/C9H16O3/c10-7-4-9(5-7)12-6-8-2-1-3-11-8/h7-10H,1-6H2. The van der Waals surface area contributed by atoms with Crippen LogP contribution in [0, 0.1) is 0 Å². The van der Waals surface area contributed by atoms with Crippen molar-refractivity contribution < 1.29 is 14.6 Å². The summed E-state index contributed by atoms with van der Waals surface area (Å²) in [5, 5.41) is 9.00. The van der Waals surface area contributed by atoms with Gasteiger partial charge in [0.25, 0.3) is 0 Å². The van der Waals surface area contributed by atoms with Crippen molar-refractivity contribution in [3.05, 3.63) is 0 Å². The Bertz CT molecular complexity index is 137. The molecule has 0 aromatic carbocycles. The van der Waals surface area contributed by atoms with Gasteiger partial charge in [0.05, 0.1) is 24.9 Å². The predicted molar refractivity (Wildman–Crippen MR) is 44.0 cm³/mol. The van der Waals surface area contributed by atoms with Gasteiger partial charge in [-0.15, -0.1) is 0 Å². The van der Waals surface area contributed by atoms with E-state index in [0.717, 1.165) is 32.5 Å². The lowest BCUT2D eigenvalue weighted by molar-refractivity contribution is -0.0949. The SMILES string of the molecule is OC1CC(OCC2CCCO2)C1. The van der Waals surface area contributed by atoms with Crippen LogP contribution in [0.4, 0.5) is 0 Å². The van der Waals surface area contributed by atoms with Gasteiger partial charge in [0, 0.05) is 6.61 Å². The third kappa shape index (κ3) is 1.97. The molecule has 2 rings (SSSR count). The van der Waals surface area contributed by atoms with E-state index >= 15 is 0 Å². The molecule has 70 valence electrons. The zero-order chi connectivity index (χ0) is 8.39. The lowest BCUT2D eigenvalue weighted by Gasteiger charge is -2.31. The Kier molecular flexibility index (Phi) is 2.63. The minimum Gasteiger partial charge on any atom is -0.393 e. The summed E-state index contributed by atoms with van der Waals surface area (Å²) in [6, 6.07) is 0. The van der Waals surface area contributed by atoms with Crippen LogP contribution in [-0.2, 0) is 9.47 Å². The Morgan fingerprint density at radius 2 is 2.25 bits per heavy atom. The molecule has 0 spiro atoms. The van der Waals surface area contributed by atoms with Gasteiger partial charge in [0.2, 0.25) is 0 Å². The molecule has 2 fully saturated rings. The zero-order valence-electron chi connectivity index (χ0n) is 7.24. The van der Waals surface area contributed by atoms with Crippen molar-refractivity contribution in [3.63, 3.8) is 0 Å². The van der Waals surface area contributed by atoms with Crippen LogP contribution in [0.15, 0.2) is 0 Å². The lowest BCUT2D eigenvalue weighted by atomic mass is 9.92. The van der Waals surface area contributed by atoms with Crippen LogP contribution in [0.1, 0.15) is 25.7 Å². The summed E-state index contributed by atoms with van der Waals surface area (Å²) in [7, 11) is 0. The van der Waals surface area contributed by atoms with Gasteiger partial charge in [0.15, 0.2) is 0 Å². The second-order valence-corrected chi connectivity index (χ2v) is 3.72. The van der Waals surface area contributed by atoms with Crippen LogP contribution in [-0.4, -0.2) is 36.6 Å². The second kappa shape index (κ2) is 3.73. The molecule has 0 amide bonds. The van der Waals surface area contributed by atoms with Crippen LogP contribution in [0.2, 0.25) is 0 Å². The average Bonchev–Trinajstić information content (AvgIpc) is 2.47. The molecule has 0 radical (unpaired) electrons. The number of aliphatic hydroxyl groups is 1. The minimum atomic E-state index is -0.112. The van der Waals surface area contributed by atoms with Crippen molar-refractivity contribution in [3.8, 4) is 0 Å². The highest BCUT2D eigenvalue weighted by molar-refractivity contribution is 4.79. The summed E-state index contributed by atoms with van der Waals surface area (Å²) in [5.74, 6) is 0. The molecule has 1 aliphatic carbocycles. The molecular formula is C9H16O3. The summed E-state index contributed by atoms with van der Waals surface area (Å²) in [6.07, 6.45) is 4.43. The van der Waals surface area contributed by atoms with E-state index in [1.807, 2.05) is 0 Å². The van der Waals surface area contributed by atoms with Crippen LogP contribution in [0.25, 0.3) is 0 Å². The quantitative estimate of drug-likeness (QED) is 0.681. The van der Waals surface area contributed by atoms with E-state index in [2.05, 4.69) is 0 Å². The second-order valence-electron chi connectivity index (χ2n) is 3.72. The molecule has 1 atom stereocenters. The molecular weight excluding hydrogens is 156 g/mol. The van der Waals surface area contributed by atoms with Crippen molar-refractivity contribution >= 4 is 0 Å². The van der Waals surface area contributed by atoms with Gasteiger partial charge in [-0.05, 0) is 25.7 Å². The van der Waals surface area contributed by atoms with E-state index in [1.54, 1.807) is 0 Å². The molecule has 2 aliphatic rings. The minimum absolute atomic E-state index is 0.112. The van der Waals surface area contributed by atoms with Crippen molar-refractivity contribution in [1.29, 1.82) is 0 Å². The Morgan fingerprint density at radius 1 is 1.42 bits per heavy atom. The fourth-order valence-electron chi connectivity index (χ4n) is 1.69. The number of aliphatic hydroxyl groups excluding tert-OH is 1. The largest absolute Gasteiger partial charge is 0.393 e. The first kappa shape index (κ1) is 8.48. The molecule has 0 aromatic heterocycles. The number of ether oxygens (including phenoxy) is 2. The van der Waals surface area contributed by atoms with Gasteiger partial charge < -0.3 is 14.6 Å². The monoisotopic (exact) mass is 172 g/mol. The first-order chi connectivity index (χ1) is 5.84. The number of rotatable bonds is 3. The van der Waals surface area contributed by atoms with Crippen molar-refractivity contribution in [2.75, 3.05) is 13.2 Å². The molecule has 0 aromatic rings. The van der Waals surface area contributed by atoms with Gasteiger partial charge in [0.1, 0.15) is 0 Å². The Labute approximate surface area is 72.7 Å². The summed E-state index contributed by atoms with van der Waals surface area (Å²) in [5.41, 5.74) is 0. The molecule has 1 saturated carbocycles. The van der Waals surface area contributed by atoms with E-state index in [0.29, 0.717) is 12.2 Å². The predicted octanol–water partition coefficient (Wildman–Crippen LogP) is 0.705. The van der Waals surface area contributed by atoms with E-state index in [9.17, 15) is 0 Å². The normalized spacial score (nSPS) is 41.2. The van der Waals surface area contributed by atoms with Crippen molar-refractivity contribution in [2.24, 2.45) is 0 Å². The molecule has 3 heteroatoms. The van der Waals surface area contributed by atoms with Crippen molar-refractivity contribution in [2.45, 2.75) is 44.0 Å². The molecule has 1 saturated heterocycles. The van der Waals surface area contributed by atoms with E-state index in [1.165, 1.54) is 6.42 Å². The summed E-state index contributed by atoms with van der Waals surface area (Å²) in [6.45, 7) is 1.61. The Hall–Kier alpha value is -0.120. The lowest BCUT2D eigenvalue weighted by Crippen LogP contribution is -2.37. The molecule has 1 unspecified atom stereocenters. The van der Waals surface area contributed by atoms with Gasteiger partial charge in [-0.25, -0.2) is 0 Å². The van der Waals surface area contributed by atoms with Gasteiger partial charge >= 0.3 is 0 Å². The van der Waals surface area contributed by atoms with Gasteiger partial charge in [-0.3, -0.25) is 0 Å². The average molecular weight is 172 g/mol. The first-order valence-electron chi connectivity index (χ1n) is 4.76. The maximum absolute atomic E-state index is 9.00. The van der Waals surface area contributed by atoms with Crippen LogP contribution >= 0.6 is 0 Å². The molecule has 3 nitrogen and oxygen atoms in total. The molecule has 1 aliphatic heterocycles. The third-order valence-electron chi connectivity index (χ3n) is 2.61. The maximum Gasteiger partial charge on any atom is 0.0809 e. The highest BCUT2D eigenvalue weighted by atomic mass is 16.5. The first-order valence-corrected chi connectivity index (χ1v) is 4.76. The molecule has 0 bridgehead atoms. The third-order valence-corrected chi connectivity index (χ3v) is 2.61. The Balaban J connectivity index is 1.56. The van der Waals surface area contributed by atoms with E-state index in [4.69, 9.17) is 14.6 Å². The van der Waals surface area contributed by atoms with Gasteiger partial charge in [-0.2, -0.15) is 0 Å². The smallest absolute Gasteiger partial charge is 0.0809 e. The molecule has 1 N–H and O–H groups in total. The maximum atomic E-state index is 9.00. The van der Waals surface area contributed by atoms with Crippen molar-refractivity contribution in [1.82, 2.24) is 0 Å². The van der Waals surface area contributed by atoms with Crippen LogP contribution in [0.3, 0.4) is 0 Å². The van der Waals surface area contributed by atoms with E-state index < -0.39 is 0 Å². The molecule has 1 heterocycles. The summed E-state index contributed by atoms with van der Waals surface area (Å²) in [4.78, 5) is 0. The number of hydrogen-bond donors (Lipinski definition) is 1. The highest BCUT2D eigenvalue weighted by Crippen LogP contribution is 2.24. The van der Waals surface area contributed by atoms with Crippen LogP contribution in [0.5, 0.6) is 0 Å². The number of hydrogen-bond acceptors (Lipinski definition) is 3. The van der Waals surface area contributed by atoms with Gasteiger partial charge in [-0.1, -0.05) is 0 Å². The fraction of sp³-hybridized carbons (Fsp3) is 1.00. The highest BCUT2D eigenvalue weighted by Gasteiger charge is 2.29. The van der Waals surface area contributed by atoms with Crippen LogP contribution < -0.4 is 0 Å². The summed E-state index contributed by atoms with van der Waals surface area (Å²) < 4.78 is 11.0. The van der Waals surface area contributed by atoms with E-state index in [-0.39, 0.29) is 6.10 Å². The molecule has 12 heavy (non-hydrogen) atoms. The topological polar surface area (TPSA) is 38.7 Å².